The van der Waals surface area contributed by atoms with Gasteiger partial charge in [0.2, 0.25) is 0 Å². The van der Waals surface area contributed by atoms with E-state index in [1.807, 2.05) is 0 Å². The van der Waals surface area contributed by atoms with Crippen LogP contribution in [-0.2, 0) is 9.53 Å². The Hall–Kier alpha value is -0.570. The number of fused-ring (bicyclic) bond motifs is 1. The highest BCUT2D eigenvalue weighted by atomic mass is 16.5. The van der Waals surface area contributed by atoms with E-state index in [0.717, 1.165) is 25.2 Å². The highest BCUT2D eigenvalue weighted by molar-refractivity contribution is 5.75. The van der Waals surface area contributed by atoms with E-state index >= 15 is 0 Å². The second-order valence-electron chi connectivity index (χ2n) is 6.65. The van der Waals surface area contributed by atoms with Gasteiger partial charge in [-0.2, -0.15) is 0 Å². The monoisotopic (exact) mass is 267 g/mol. The van der Waals surface area contributed by atoms with Gasteiger partial charge in [0, 0.05) is 6.04 Å². The van der Waals surface area contributed by atoms with Crippen LogP contribution in [0, 0.1) is 11.8 Å². The molecule has 1 aliphatic carbocycles. The first-order chi connectivity index (χ1) is 9.16. The first-order valence-corrected chi connectivity index (χ1v) is 8.09. The number of hydrogen-bond acceptors (Lipinski definition) is 3. The normalized spacial score (nSPS) is 31.0. The molecule has 0 aromatic carbocycles. The zero-order chi connectivity index (χ0) is 13.7. The first-order valence-electron chi connectivity index (χ1n) is 8.09. The van der Waals surface area contributed by atoms with Gasteiger partial charge in [0.1, 0.15) is 6.04 Å². The average molecular weight is 267 g/mol. The lowest BCUT2D eigenvalue weighted by Crippen LogP contribution is -2.52. The van der Waals surface area contributed by atoms with Crippen molar-refractivity contribution in [3.8, 4) is 0 Å². The second-order valence-corrected chi connectivity index (χ2v) is 6.65. The number of carbonyl (C=O) groups is 1. The smallest absolute Gasteiger partial charge is 0.323 e. The van der Waals surface area contributed by atoms with E-state index < -0.39 is 0 Å². The van der Waals surface area contributed by atoms with Crippen LogP contribution in [0.2, 0.25) is 0 Å². The van der Waals surface area contributed by atoms with E-state index in [4.69, 9.17) is 4.74 Å². The highest BCUT2D eigenvalue weighted by Crippen LogP contribution is 2.32. The number of nitrogens with one attached hydrogen (secondary N) is 1. The van der Waals surface area contributed by atoms with Gasteiger partial charge in [-0.05, 0) is 50.4 Å². The molecular weight excluding hydrogens is 238 g/mol. The molecule has 0 bridgehead atoms. The van der Waals surface area contributed by atoms with E-state index in [9.17, 15) is 4.79 Å². The van der Waals surface area contributed by atoms with Crippen LogP contribution in [0.1, 0.15) is 65.2 Å². The lowest BCUT2D eigenvalue weighted by atomic mass is 9.78. The Morgan fingerprint density at radius 1 is 1.21 bits per heavy atom. The number of rotatable bonds is 5. The molecule has 1 N–H and O–H groups in total. The van der Waals surface area contributed by atoms with Crippen molar-refractivity contribution in [3.05, 3.63) is 0 Å². The molecule has 3 nitrogen and oxygen atoms in total. The predicted octanol–water partition coefficient (Wildman–Crippen LogP) is 3.28. The molecule has 1 aliphatic heterocycles. The molecule has 19 heavy (non-hydrogen) atoms. The van der Waals surface area contributed by atoms with Gasteiger partial charge in [0.25, 0.3) is 0 Å². The first kappa shape index (κ1) is 14.8. The number of hydrogen-bond donors (Lipinski definition) is 1. The molecule has 2 rings (SSSR count). The Morgan fingerprint density at radius 3 is 2.79 bits per heavy atom. The Bertz CT molecular complexity index is 290. The molecule has 0 amide bonds. The third-order valence-corrected chi connectivity index (χ3v) is 4.61. The van der Waals surface area contributed by atoms with E-state index in [0.29, 0.717) is 18.6 Å². The molecule has 3 atom stereocenters. The molecule has 0 aromatic rings. The van der Waals surface area contributed by atoms with Crippen molar-refractivity contribution >= 4 is 5.97 Å². The van der Waals surface area contributed by atoms with Crippen LogP contribution in [0.4, 0.5) is 0 Å². The minimum Gasteiger partial charge on any atom is -0.465 e. The van der Waals surface area contributed by atoms with Crippen LogP contribution in [-0.4, -0.2) is 24.7 Å². The van der Waals surface area contributed by atoms with E-state index in [1.54, 1.807) is 0 Å². The fraction of sp³-hybridized carbons (Fsp3) is 0.938. The summed E-state index contributed by atoms with van der Waals surface area (Å²) < 4.78 is 5.41. The average Bonchev–Trinajstić information content (AvgIpc) is 2.42. The number of piperidine rings is 1. The van der Waals surface area contributed by atoms with Gasteiger partial charge in [0.15, 0.2) is 0 Å². The molecule has 1 heterocycles. The summed E-state index contributed by atoms with van der Waals surface area (Å²) >= 11 is 0. The summed E-state index contributed by atoms with van der Waals surface area (Å²) in [7, 11) is 0. The maximum Gasteiger partial charge on any atom is 0.323 e. The van der Waals surface area contributed by atoms with Gasteiger partial charge in [0.05, 0.1) is 6.61 Å². The van der Waals surface area contributed by atoms with Crippen molar-refractivity contribution in [1.29, 1.82) is 0 Å². The summed E-state index contributed by atoms with van der Waals surface area (Å²) in [4.78, 5) is 12.0. The summed E-state index contributed by atoms with van der Waals surface area (Å²) in [5, 5.41) is 3.53. The number of ether oxygens (including phenoxy) is 1. The summed E-state index contributed by atoms with van der Waals surface area (Å²) in [6, 6.07) is 0.522. The largest absolute Gasteiger partial charge is 0.465 e. The Kier molecular flexibility index (Phi) is 5.68. The SMILES string of the molecule is CC(C)CCCOC(=O)C1CCC2CCCCC2N1. The lowest BCUT2D eigenvalue weighted by Gasteiger charge is -2.39. The zero-order valence-electron chi connectivity index (χ0n) is 12.5. The molecular formula is C16H29NO2. The number of esters is 1. The molecule has 2 fully saturated rings. The molecule has 0 spiro atoms. The van der Waals surface area contributed by atoms with Gasteiger partial charge in [-0.25, -0.2) is 0 Å². The highest BCUT2D eigenvalue weighted by Gasteiger charge is 2.34. The molecule has 2 aliphatic rings. The summed E-state index contributed by atoms with van der Waals surface area (Å²) in [6.07, 6.45) is 9.54. The molecule has 0 aromatic heterocycles. The van der Waals surface area contributed by atoms with Crippen molar-refractivity contribution in [2.24, 2.45) is 11.8 Å². The van der Waals surface area contributed by atoms with Crippen molar-refractivity contribution in [1.82, 2.24) is 5.32 Å². The fourth-order valence-electron chi connectivity index (χ4n) is 3.45. The van der Waals surface area contributed by atoms with Gasteiger partial charge in [-0.1, -0.05) is 26.7 Å². The topological polar surface area (TPSA) is 38.3 Å². The fourth-order valence-corrected chi connectivity index (χ4v) is 3.45. The molecule has 3 unspecified atom stereocenters. The molecule has 0 radical (unpaired) electrons. The maximum atomic E-state index is 12.0. The minimum absolute atomic E-state index is 0.0206. The van der Waals surface area contributed by atoms with E-state index in [-0.39, 0.29) is 12.0 Å². The van der Waals surface area contributed by atoms with Crippen LogP contribution in [0.3, 0.4) is 0 Å². The quantitative estimate of drug-likeness (QED) is 0.613. The van der Waals surface area contributed by atoms with E-state index in [1.165, 1.54) is 32.1 Å². The van der Waals surface area contributed by atoms with Gasteiger partial charge < -0.3 is 10.1 Å². The van der Waals surface area contributed by atoms with Gasteiger partial charge in [-0.3, -0.25) is 4.79 Å². The second kappa shape index (κ2) is 7.28. The van der Waals surface area contributed by atoms with Crippen molar-refractivity contribution in [2.45, 2.75) is 77.3 Å². The van der Waals surface area contributed by atoms with E-state index in [2.05, 4.69) is 19.2 Å². The molecule has 110 valence electrons. The third kappa shape index (κ3) is 4.48. The van der Waals surface area contributed by atoms with Crippen LogP contribution in [0.15, 0.2) is 0 Å². The summed E-state index contributed by atoms with van der Waals surface area (Å²) in [5.74, 6) is 1.47. The Labute approximate surface area is 117 Å². The summed E-state index contributed by atoms with van der Waals surface area (Å²) in [6.45, 7) is 4.99. The van der Waals surface area contributed by atoms with Crippen LogP contribution in [0.5, 0.6) is 0 Å². The molecule has 1 saturated heterocycles. The van der Waals surface area contributed by atoms with Crippen LogP contribution >= 0.6 is 0 Å². The molecule has 3 heteroatoms. The lowest BCUT2D eigenvalue weighted by molar-refractivity contribution is -0.147. The molecule has 1 saturated carbocycles. The van der Waals surface area contributed by atoms with Gasteiger partial charge >= 0.3 is 5.97 Å². The van der Waals surface area contributed by atoms with Crippen LogP contribution < -0.4 is 5.32 Å². The zero-order valence-corrected chi connectivity index (χ0v) is 12.5. The Morgan fingerprint density at radius 2 is 2.00 bits per heavy atom. The maximum absolute atomic E-state index is 12.0. The Balaban J connectivity index is 1.68. The minimum atomic E-state index is -0.0431. The standard InChI is InChI=1S/C16H29NO2/c1-12(2)6-5-11-19-16(18)15-10-9-13-7-3-4-8-14(13)17-15/h12-15,17H,3-11H2,1-2H3. The summed E-state index contributed by atoms with van der Waals surface area (Å²) in [5.41, 5.74) is 0. The predicted molar refractivity (Wildman–Crippen MR) is 76.9 cm³/mol. The van der Waals surface area contributed by atoms with Crippen LogP contribution in [0.25, 0.3) is 0 Å². The third-order valence-electron chi connectivity index (χ3n) is 4.61. The van der Waals surface area contributed by atoms with Crippen molar-refractivity contribution in [2.75, 3.05) is 6.61 Å². The van der Waals surface area contributed by atoms with Crippen molar-refractivity contribution < 1.29 is 9.53 Å². The van der Waals surface area contributed by atoms with Crippen molar-refractivity contribution in [3.63, 3.8) is 0 Å². The number of carbonyl (C=O) groups excluding carboxylic acids is 1. The van der Waals surface area contributed by atoms with Gasteiger partial charge in [-0.15, -0.1) is 0 Å².